The summed E-state index contributed by atoms with van der Waals surface area (Å²) >= 11 is 0. The van der Waals surface area contributed by atoms with Crippen LogP contribution in [0.15, 0.2) is 24.3 Å². The average Bonchev–Trinajstić information content (AvgIpc) is 2.37. The van der Waals surface area contributed by atoms with Crippen LogP contribution in [0.1, 0.15) is 63.6 Å². The predicted octanol–water partition coefficient (Wildman–Crippen LogP) is 4.18. The Morgan fingerprint density at radius 2 is 2.00 bits per heavy atom. The number of nitriles is 1. The summed E-state index contributed by atoms with van der Waals surface area (Å²) in [6, 6.07) is 11.1. The van der Waals surface area contributed by atoms with E-state index in [1.807, 2.05) is 12.1 Å². The Hall–Kier alpha value is -1.33. The van der Waals surface area contributed by atoms with Crippen molar-refractivity contribution in [2.45, 2.75) is 58.5 Å². The Morgan fingerprint density at radius 1 is 1.32 bits per heavy atom. The van der Waals surface area contributed by atoms with Gasteiger partial charge in [-0.25, -0.2) is 0 Å². The summed E-state index contributed by atoms with van der Waals surface area (Å²) in [5.41, 5.74) is 2.47. The van der Waals surface area contributed by atoms with Crippen LogP contribution in [0, 0.1) is 16.7 Å². The Balaban J connectivity index is 1.96. The molecule has 2 nitrogen and oxygen atoms in total. The normalized spacial score (nSPS) is 23.6. The molecule has 1 aromatic rings. The molecule has 1 saturated carbocycles. The molecular weight excluding hydrogens is 232 g/mol. The third kappa shape index (κ3) is 3.81. The second-order valence-electron chi connectivity index (χ2n) is 6.58. The molecule has 1 aliphatic carbocycles. The second-order valence-corrected chi connectivity index (χ2v) is 6.58. The van der Waals surface area contributed by atoms with Gasteiger partial charge in [-0.2, -0.15) is 5.26 Å². The highest BCUT2D eigenvalue weighted by Gasteiger charge is 2.28. The van der Waals surface area contributed by atoms with Crippen molar-refractivity contribution in [3.05, 3.63) is 35.4 Å². The molecule has 0 radical (unpaired) electrons. The Bertz CT molecular complexity index is 453. The van der Waals surface area contributed by atoms with Gasteiger partial charge in [0.05, 0.1) is 11.6 Å². The first kappa shape index (κ1) is 14.1. The van der Waals surface area contributed by atoms with Crippen LogP contribution in [0.4, 0.5) is 0 Å². The van der Waals surface area contributed by atoms with Crippen LogP contribution in [-0.2, 0) is 0 Å². The zero-order chi connectivity index (χ0) is 13.9. The summed E-state index contributed by atoms with van der Waals surface area (Å²) in [7, 11) is 0. The molecular formula is C17H24N2. The monoisotopic (exact) mass is 256 g/mol. The molecule has 1 aromatic carbocycles. The van der Waals surface area contributed by atoms with Gasteiger partial charge in [0.2, 0.25) is 0 Å². The molecule has 0 amide bonds. The van der Waals surface area contributed by atoms with E-state index in [9.17, 15) is 0 Å². The summed E-state index contributed by atoms with van der Waals surface area (Å²) < 4.78 is 0. The van der Waals surface area contributed by atoms with Crippen molar-refractivity contribution in [2.24, 2.45) is 5.41 Å². The lowest BCUT2D eigenvalue weighted by molar-refractivity contribution is 0.191. The van der Waals surface area contributed by atoms with Gasteiger partial charge in [0.15, 0.2) is 0 Å². The van der Waals surface area contributed by atoms with Crippen LogP contribution < -0.4 is 5.32 Å². The molecule has 0 aliphatic heterocycles. The van der Waals surface area contributed by atoms with Gasteiger partial charge < -0.3 is 5.32 Å². The van der Waals surface area contributed by atoms with E-state index < -0.39 is 0 Å². The van der Waals surface area contributed by atoms with Crippen molar-refractivity contribution in [1.29, 1.82) is 5.26 Å². The van der Waals surface area contributed by atoms with Gasteiger partial charge in [-0.1, -0.05) is 32.4 Å². The minimum atomic E-state index is 0.353. The molecule has 1 N–H and O–H groups in total. The minimum absolute atomic E-state index is 0.353. The van der Waals surface area contributed by atoms with Crippen LogP contribution in [0.5, 0.6) is 0 Å². The third-order valence-electron chi connectivity index (χ3n) is 4.23. The van der Waals surface area contributed by atoms with Gasteiger partial charge in [0, 0.05) is 12.1 Å². The van der Waals surface area contributed by atoms with Crippen molar-refractivity contribution >= 4 is 0 Å². The van der Waals surface area contributed by atoms with Gasteiger partial charge in [-0.15, -0.1) is 0 Å². The van der Waals surface area contributed by atoms with Crippen molar-refractivity contribution in [3.8, 4) is 6.07 Å². The fourth-order valence-electron chi connectivity index (χ4n) is 3.14. The first-order chi connectivity index (χ1) is 9.00. The van der Waals surface area contributed by atoms with Crippen LogP contribution in [0.25, 0.3) is 0 Å². The summed E-state index contributed by atoms with van der Waals surface area (Å²) in [6.07, 6.45) is 5.21. The molecule has 0 saturated heterocycles. The molecule has 0 bridgehead atoms. The number of nitrogens with one attached hydrogen (secondary N) is 1. The van der Waals surface area contributed by atoms with Crippen molar-refractivity contribution in [3.63, 3.8) is 0 Å². The third-order valence-corrected chi connectivity index (χ3v) is 4.23. The zero-order valence-corrected chi connectivity index (χ0v) is 12.2. The van der Waals surface area contributed by atoms with Gasteiger partial charge >= 0.3 is 0 Å². The quantitative estimate of drug-likeness (QED) is 0.880. The maximum atomic E-state index is 8.82. The van der Waals surface area contributed by atoms with Gasteiger partial charge in [-0.3, -0.25) is 0 Å². The lowest BCUT2D eigenvalue weighted by Gasteiger charge is -2.37. The molecule has 2 rings (SSSR count). The van der Waals surface area contributed by atoms with Crippen LogP contribution in [0.3, 0.4) is 0 Å². The fourth-order valence-corrected chi connectivity index (χ4v) is 3.14. The first-order valence-electron chi connectivity index (χ1n) is 7.26. The van der Waals surface area contributed by atoms with E-state index in [0.717, 1.165) is 5.56 Å². The average molecular weight is 256 g/mol. The summed E-state index contributed by atoms with van der Waals surface area (Å²) in [6.45, 7) is 6.95. The van der Waals surface area contributed by atoms with Gasteiger partial charge in [0.1, 0.15) is 0 Å². The standard InChI is InChI=1S/C17H24N2/c1-13(15-8-6-14(12-18)7-9-15)19-16-5-4-10-17(2,3)11-16/h6-9,13,16,19H,4-5,10-11H2,1-3H3. The van der Waals surface area contributed by atoms with E-state index in [2.05, 4.69) is 44.3 Å². The largest absolute Gasteiger partial charge is 0.307 e. The van der Waals surface area contributed by atoms with E-state index in [4.69, 9.17) is 5.26 Å². The van der Waals surface area contributed by atoms with E-state index in [1.54, 1.807) is 0 Å². The molecule has 2 atom stereocenters. The van der Waals surface area contributed by atoms with E-state index in [0.29, 0.717) is 17.5 Å². The highest BCUT2D eigenvalue weighted by atomic mass is 14.9. The second kappa shape index (κ2) is 5.75. The van der Waals surface area contributed by atoms with Gasteiger partial charge in [0.25, 0.3) is 0 Å². The highest BCUT2D eigenvalue weighted by molar-refractivity contribution is 5.32. The topological polar surface area (TPSA) is 35.8 Å². The Kier molecular flexibility index (Phi) is 4.27. The lowest BCUT2D eigenvalue weighted by Crippen LogP contribution is -2.38. The van der Waals surface area contributed by atoms with E-state index in [-0.39, 0.29) is 0 Å². The number of rotatable bonds is 3. The van der Waals surface area contributed by atoms with Crippen LogP contribution in [0.2, 0.25) is 0 Å². The minimum Gasteiger partial charge on any atom is -0.307 e. The Morgan fingerprint density at radius 3 is 2.58 bits per heavy atom. The molecule has 19 heavy (non-hydrogen) atoms. The van der Waals surface area contributed by atoms with Crippen LogP contribution >= 0.6 is 0 Å². The smallest absolute Gasteiger partial charge is 0.0991 e. The van der Waals surface area contributed by atoms with Gasteiger partial charge in [-0.05, 0) is 49.3 Å². The molecule has 0 aromatic heterocycles. The molecule has 102 valence electrons. The fraction of sp³-hybridized carbons (Fsp3) is 0.588. The number of benzene rings is 1. The summed E-state index contributed by atoms with van der Waals surface area (Å²) in [4.78, 5) is 0. The number of nitrogens with zero attached hydrogens (tertiary/aromatic N) is 1. The molecule has 0 spiro atoms. The number of hydrogen-bond donors (Lipinski definition) is 1. The SMILES string of the molecule is CC(NC1CCCC(C)(C)C1)c1ccc(C#N)cc1. The molecule has 0 heterocycles. The molecule has 2 unspecified atom stereocenters. The predicted molar refractivity (Wildman–Crippen MR) is 78.7 cm³/mol. The van der Waals surface area contributed by atoms with E-state index >= 15 is 0 Å². The summed E-state index contributed by atoms with van der Waals surface area (Å²) in [5.74, 6) is 0. The molecule has 1 aliphatic rings. The molecule has 2 heteroatoms. The van der Waals surface area contributed by atoms with Crippen molar-refractivity contribution in [1.82, 2.24) is 5.32 Å². The maximum absolute atomic E-state index is 8.82. The maximum Gasteiger partial charge on any atom is 0.0991 e. The number of hydrogen-bond acceptors (Lipinski definition) is 2. The summed E-state index contributed by atoms with van der Waals surface area (Å²) in [5, 5.41) is 12.6. The first-order valence-corrected chi connectivity index (χ1v) is 7.26. The Labute approximate surface area is 116 Å². The van der Waals surface area contributed by atoms with Crippen LogP contribution in [-0.4, -0.2) is 6.04 Å². The van der Waals surface area contributed by atoms with E-state index in [1.165, 1.54) is 31.2 Å². The zero-order valence-electron chi connectivity index (χ0n) is 12.2. The molecule has 1 fully saturated rings. The van der Waals surface area contributed by atoms with Crippen molar-refractivity contribution < 1.29 is 0 Å². The van der Waals surface area contributed by atoms with Crippen molar-refractivity contribution in [2.75, 3.05) is 0 Å². The highest BCUT2D eigenvalue weighted by Crippen LogP contribution is 2.35. The lowest BCUT2D eigenvalue weighted by atomic mass is 9.75.